The van der Waals surface area contributed by atoms with E-state index in [1.807, 2.05) is 13.8 Å². The fourth-order valence-corrected chi connectivity index (χ4v) is 2.13. The maximum absolute atomic E-state index is 12.3. The van der Waals surface area contributed by atoms with Crippen LogP contribution in [0.1, 0.15) is 24.3 Å². The van der Waals surface area contributed by atoms with Gasteiger partial charge in [-0.15, -0.1) is 0 Å². The van der Waals surface area contributed by atoms with Gasteiger partial charge in [0.2, 0.25) is 0 Å². The Balaban J connectivity index is 3.11. The van der Waals surface area contributed by atoms with Crippen LogP contribution < -0.4 is 0 Å². The lowest BCUT2D eigenvalue weighted by Crippen LogP contribution is -2.38. The minimum absolute atomic E-state index is 0.0199. The summed E-state index contributed by atoms with van der Waals surface area (Å²) in [5.41, 5.74) is -0.108. The van der Waals surface area contributed by atoms with Crippen LogP contribution in [0.4, 0.5) is 0 Å². The van der Waals surface area contributed by atoms with E-state index in [2.05, 4.69) is 4.98 Å². The molecule has 0 atom stereocenters. The molecule has 0 unspecified atom stereocenters. The van der Waals surface area contributed by atoms with Crippen LogP contribution in [0.5, 0.6) is 0 Å². The molecular formula is C12H13Cl3N2O3. The van der Waals surface area contributed by atoms with Crippen molar-refractivity contribution in [1.82, 2.24) is 9.88 Å². The molecule has 0 aliphatic rings. The zero-order chi connectivity index (χ0) is 15.4. The number of aliphatic carboxylic acids is 1. The topological polar surface area (TPSA) is 70.5 Å². The molecule has 5 nitrogen and oxygen atoms in total. The van der Waals surface area contributed by atoms with Crippen molar-refractivity contribution in [3.8, 4) is 0 Å². The molecule has 1 N–H and O–H groups in total. The predicted molar refractivity (Wildman–Crippen MR) is 77.6 cm³/mol. The van der Waals surface area contributed by atoms with Gasteiger partial charge in [0.05, 0.1) is 15.1 Å². The highest BCUT2D eigenvalue weighted by Gasteiger charge is 2.24. The Morgan fingerprint density at radius 1 is 1.30 bits per heavy atom. The molecule has 0 aliphatic heterocycles. The van der Waals surface area contributed by atoms with E-state index in [-0.39, 0.29) is 33.2 Å². The molecule has 1 rings (SSSR count). The number of carbonyl (C=O) groups is 2. The summed E-state index contributed by atoms with van der Waals surface area (Å²) in [6.07, 6.45) is 1.21. The van der Waals surface area contributed by atoms with Gasteiger partial charge in [-0.2, -0.15) is 0 Å². The van der Waals surface area contributed by atoms with Gasteiger partial charge in [0.1, 0.15) is 12.2 Å². The molecule has 0 radical (unpaired) electrons. The second-order valence-electron chi connectivity index (χ2n) is 4.56. The Morgan fingerprint density at radius 2 is 1.90 bits per heavy atom. The van der Waals surface area contributed by atoms with Crippen LogP contribution >= 0.6 is 34.8 Å². The van der Waals surface area contributed by atoms with Crippen LogP contribution in [0.15, 0.2) is 6.20 Å². The Morgan fingerprint density at radius 3 is 2.40 bits per heavy atom. The number of rotatable bonds is 5. The number of hydrogen-bond acceptors (Lipinski definition) is 3. The van der Waals surface area contributed by atoms with Crippen molar-refractivity contribution in [2.75, 3.05) is 13.1 Å². The number of carboxylic acid groups (broad SMARTS) is 1. The molecule has 0 saturated carbocycles. The molecule has 1 amide bonds. The van der Waals surface area contributed by atoms with Crippen molar-refractivity contribution in [1.29, 1.82) is 0 Å². The number of nitrogens with zero attached hydrogens (tertiary/aromatic N) is 2. The minimum atomic E-state index is -1.12. The third-order valence-corrected chi connectivity index (χ3v) is 3.56. The van der Waals surface area contributed by atoms with E-state index in [1.165, 1.54) is 6.20 Å². The molecule has 0 aliphatic carbocycles. The molecule has 110 valence electrons. The molecule has 1 aromatic heterocycles. The van der Waals surface area contributed by atoms with Crippen molar-refractivity contribution in [3.63, 3.8) is 0 Å². The molecular weight excluding hydrogens is 327 g/mol. The number of aromatic nitrogens is 1. The maximum atomic E-state index is 12.3. The summed E-state index contributed by atoms with van der Waals surface area (Å²) >= 11 is 17.5. The number of hydrogen-bond donors (Lipinski definition) is 1. The van der Waals surface area contributed by atoms with Crippen molar-refractivity contribution in [2.24, 2.45) is 5.92 Å². The Labute approximate surface area is 131 Å². The molecule has 8 heteroatoms. The monoisotopic (exact) mass is 338 g/mol. The standard InChI is InChI=1S/C12H13Cl3N2O3/c1-6(2)4-17(5-8(18)19)12(20)11-10(15)9(14)7(13)3-16-11/h3,6H,4-5H2,1-2H3,(H,18,19). The van der Waals surface area contributed by atoms with Crippen LogP contribution in [0.3, 0.4) is 0 Å². The third-order valence-electron chi connectivity index (χ3n) is 2.32. The van der Waals surface area contributed by atoms with Gasteiger partial charge in [-0.05, 0) is 5.92 Å². The van der Waals surface area contributed by atoms with Gasteiger partial charge in [0.25, 0.3) is 5.91 Å². The van der Waals surface area contributed by atoms with Gasteiger partial charge in [-0.1, -0.05) is 48.7 Å². The second kappa shape index (κ2) is 7.11. The van der Waals surface area contributed by atoms with Gasteiger partial charge in [0.15, 0.2) is 0 Å². The van der Waals surface area contributed by atoms with Crippen molar-refractivity contribution >= 4 is 46.7 Å². The number of carbonyl (C=O) groups excluding carboxylic acids is 1. The zero-order valence-corrected chi connectivity index (χ0v) is 13.1. The Hall–Kier alpha value is -1.04. The van der Waals surface area contributed by atoms with E-state index in [0.29, 0.717) is 0 Å². The van der Waals surface area contributed by atoms with E-state index in [0.717, 1.165) is 4.90 Å². The van der Waals surface area contributed by atoms with E-state index in [9.17, 15) is 9.59 Å². The van der Waals surface area contributed by atoms with E-state index < -0.39 is 18.4 Å². The fourth-order valence-electron chi connectivity index (χ4n) is 1.57. The highest BCUT2D eigenvalue weighted by atomic mass is 35.5. The predicted octanol–water partition coefficient (Wildman–Crippen LogP) is 3.22. The van der Waals surface area contributed by atoms with Crippen LogP contribution in [-0.2, 0) is 4.79 Å². The van der Waals surface area contributed by atoms with Crippen LogP contribution in [0, 0.1) is 5.92 Å². The van der Waals surface area contributed by atoms with Crippen LogP contribution in [-0.4, -0.2) is 40.0 Å². The first-order valence-electron chi connectivity index (χ1n) is 5.74. The summed E-state index contributed by atoms with van der Waals surface area (Å²) < 4.78 is 0. The number of amides is 1. The number of pyridine rings is 1. The summed E-state index contributed by atoms with van der Waals surface area (Å²) in [6, 6.07) is 0. The molecule has 1 aromatic rings. The van der Waals surface area contributed by atoms with E-state index in [1.54, 1.807) is 0 Å². The highest BCUT2D eigenvalue weighted by Crippen LogP contribution is 2.31. The largest absolute Gasteiger partial charge is 0.480 e. The van der Waals surface area contributed by atoms with Gasteiger partial charge >= 0.3 is 5.97 Å². The third kappa shape index (κ3) is 4.23. The molecule has 0 fully saturated rings. The Kier molecular flexibility index (Phi) is 6.05. The van der Waals surface area contributed by atoms with Crippen molar-refractivity contribution < 1.29 is 14.7 Å². The van der Waals surface area contributed by atoms with Gasteiger partial charge < -0.3 is 10.0 Å². The molecule has 20 heavy (non-hydrogen) atoms. The average Bonchev–Trinajstić information content (AvgIpc) is 2.33. The lowest BCUT2D eigenvalue weighted by Gasteiger charge is -2.22. The maximum Gasteiger partial charge on any atom is 0.323 e. The quantitative estimate of drug-likeness (QED) is 0.894. The Bertz CT molecular complexity index is 535. The van der Waals surface area contributed by atoms with Gasteiger partial charge in [-0.3, -0.25) is 9.59 Å². The summed E-state index contributed by atoms with van der Waals surface area (Å²) in [7, 11) is 0. The molecule has 0 aromatic carbocycles. The molecule has 0 spiro atoms. The lowest BCUT2D eigenvalue weighted by molar-refractivity contribution is -0.137. The summed E-state index contributed by atoms with van der Waals surface area (Å²) in [4.78, 5) is 28.2. The number of carboxylic acids is 1. The average molecular weight is 340 g/mol. The van der Waals surface area contributed by atoms with Crippen molar-refractivity contribution in [3.05, 3.63) is 27.0 Å². The first-order chi connectivity index (χ1) is 9.23. The first kappa shape index (κ1) is 17.0. The normalized spacial score (nSPS) is 10.7. The lowest BCUT2D eigenvalue weighted by atomic mass is 10.2. The second-order valence-corrected chi connectivity index (χ2v) is 5.72. The van der Waals surface area contributed by atoms with E-state index >= 15 is 0 Å². The smallest absolute Gasteiger partial charge is 0.323 e. The number of halogens is 3. The summed E-state index contributed by atoms with van der Waals surface area (Å²) in [5, 5.41) is 8.93. The van der Waals surface area contributed by atoms with Gasteiger partial charge in [0, 0.05) is 12.7 Å². The first-order valence-corrected chi connectivity index (χ1v) is 6.88. The SMILES string of the molecule is CC(C)CN(CC(=O)O)C(=O)c1ncc(Cl)c(Cl)c1Cl. The van der Waals surface area contributed by atoms with Crippen LogP contribution in [0.25, 0.3) is 0 Å². The molecule has 0 bridgehead atoms. The molecule has 1 heterocycles. The van der Waals surface area contributed by atoms with E-state index in [4.69, 9.17) is 39.9 Å². The fraction of sp³-hybridized carbons (Fsp3) is 0.417. The molecule has 0 saturated heterocycles. The van der Waals surface area contributed by atoms with Gasteiger partial charge in [-0.25, -0.2) is 4.98 Å². The zero-order valence-electron chi connectivity index (χ0n) is 10.9. The van der Waals surface area contributed by atoms with Crippen LogP contribution in [0.2, 0.25) is 15.1 Å². The summed E-state index contributed by atoms with van der Waals surface area (Å²) in [6.45, 7) is 3.57. The summed E-state index contributed by atoms with van der Waals surface area (Å²) in [5.74, 6) is -1.61. The minimum Gasteiger partial charge on any atom is -0.480 e. The highest BCUT2D eigenvalue weighted by molar-refractivity contribution is 6.48. The van der Waals surface area contributed by atoms with Crippen molar-refractivity contribution in [2.45, 2.75) is 13.8 Å².